The maximum Gasteiger partial charge on any atom is 0.106 e. The third kappa shape index (κ3) is 5.01. The molecule has 0 aromatic carbocycles. The molecule has 0 aromatic heterocycles. The van der Waals surface area contributed by atoms with Crippen molar-refractivity contribution in [2.45, 2.75) is 6.92 Å². The van der Waals surface area contributed by atoms with E-state index in [1.807, 2.05) is 6.92 Å². The van der Waals surface area contributed by atoms with E-state index in [1.54, 1.807) is 12.4 Å². The SMILES string of the molecule is CC=NCC=NC=N. The molecule has 0 fully saturated rings. The zero-order valence-corrected chi connectivity index (χ0v) is 4.83. The zero-order valence-electron chi connectivity index (χ0n) is 4.83. The maximum atomic E-state index is 6.46. The lowest BCUT2D eigenvalue weighted by molar-refractivity contribution is 1.33. The van der Waals surface area contributed by atoms with Crippen LogP contribution in [0.15, 0.2) is 9.98 Å². The first-order valence-electron chi connectivity index (χ1n) is 2.37. The van der Waals surface area contributed by atoms with Gasteiger partial charge in [0.2, 0.25) is 0 Å². The number of hydrogen-bond donors (Lipinski definition) is 1. The lowest BCUT2D eigenvalue weighted by Gasteiger charge is -1.75. The van der Waals surface area contributed by atoms with Crippen molar-refractivity contribution in [1.29, 1.82) is 5.41 Å². The summed E-state index contributed by atoms with van der Waals surface area (Å²) in [7, 11) is 0. The van der Waals surface area contributed by atoms with Gasteiger partial charge in [-0.3, -0.25) is 10.4 Å². The molecule has 0 aliphatic rings. The van der Waals surface area contributed by atoms with Crippen molar-refractivity contribution in [3.8, 4) is 0 Å². The van der Waals surface area contributed by atoms with Gasteiger partial charge in [-0.25, -0.2) is 4.99 Å². The minimum atomic E-state index is 0.575. The molecule has 0 aromatic rings. The van der Waals surface area contributed by atoms with Gasteiger partial charge in [0.05, 0.1) is 6.54 Å². The third-order valence-corrected chi connectivity index (χ3v) is 0.550. The van der Waals surface area contributed by atoms with E-state index >= 15 is 0 Å². The molecule has 0 radical (unpaired) electrons. The van der Waals surface area contributed by atoms with E-state index in [0.717, 1.165) is 6.34 Å². The minimum Gasteiger partial charge on any atom is -0.292 e. The quantitative estimate of drug-likeness (QED) is 0.413. The summed E-state index contributed by atoms with van der Waals surface area (Å²) >= 11 is 0. The highest BCUT2D eigenvalue weighted by Crippen LogP contribution is 1.61. The highest BCUT2D eigenvalue weighted by Gasteiger charge is 1.64. The first-order valence-corrected chi connectivity index (χ1v) is 2.37. The summed E-state index contributed by atoms with van der Waals surface area (Å²) in [5, 5.41) is 6.46. The summed E-state index contributed by atoms with van der Waals surface area (Å²) in [6, 6.07) is 0. The van der Waals surface area contributed by atoms with Gasteiger partial charge in [-0.1, -0.05) is 0 Å². The van der Waals surface area contributed by atoms with E-state index < -0.39 is 0 Å². The van der Waals surface area contributed by atoms with Gasteiger partial charge in [0.1, 0.15) is 6.34 Å². The van der Waals surface area contributed by atoms with Crippen molar-refractivity contribution in [3.05, 3.63) is 0 Å². The Morgan fingerprint density at radius 1 is 1.62 bits per heavy atom. The van der Waals surface area contributed by atoms with Gasteiger partial charge in [0.25, 0.3) is 0 Å². The minimum absolute atomic E-state index is 0.575. The lowest BCUT2D eigenvalue weighted by Crippen LogP contribution is -1.79. The predicted molar refractivity (Wildman–Crippen MR) is 36.3 cm³/mol. The monoisotopic (exact) mass is 111 g/mol. The van der Waals surface area contributed by atoms with Crippen LogP contribution < -0.4 is 0 Å². The summed E-state index contributed by atoms with van der Waals surface area (Å²) in [5.41, 5.74) is 0. The molecule has 0 heterocycles. The Bertz CT molecular complexity index is 104. The maximum absolute atomic E-state index is 6.46. The molecule has 3 nitrogen and oxygen atoms in total. The Balaban J connectivity index is 3.15. The standard InChI is InChI=1S/C5H9N3/c1-2-7-3-4-8-5-6/h2,4-6H,3H2,1H3. The molecule has 8 heavy (non-hydrogen) atoms. The van der Waals surface area contributed by atoms with Crippen LogP contribution in [0.25, 0.3) is 0 Å². The molecular weight excluding hydrogens is 102 g/mol. The average Bonchev–Trinajstić information content (AvgIpc) is 1.81. The molecule has 0 aliphatic heterocycles. The molecule has 0 aliphatic carbocycles. The van der Waals surface area contributed by atoms with Crippen LogP contribution >= 0.6 is 0 Å². The van der Waals surface area contributed by atoms with E-state index in [-0.39, 0.29) is 0 Å². The van der Waals surface area contributed by atoms with E-state index in [1.165, 1.54) is 0 Å². The van der Waals surface area contributed by atoms with Gasteiger partial charge in [0.15, 0.2) is 0 Å². The summed E-state index contributed by atoms with van der Waals surface area (Å²) in [5.74, 6) is 0. The van der Waals surface area contributed by atoms with Crippen LogP contribution in [0.3, 0.4) is 0 Å². The van der Waals surface area contributed by atoms with Gasteiger partial charge in [-0.2, -0.15) is 0 Å². The van der Waals surface area contributed by atoms with E-state index in [0.29, 0.717) is 6.54 Å². The number of nitrogens with one attached hydrogen (secondary N) is 1. The molecule has 0 rings (SSSR count). The van der Waals surface area contributed by atoms with Crippen molar-refractivity contribution in [3.63, 3.8) is 0 Å². The molecule has 1 N–H and O–H groups in total. The van der Waals surface area contributed by atoms with Gasteiger partial charge in [-0.05, 0) is 13.1 Å². The van der Waals surface area contributed by atoms with Gasteiger partial charge >= 0.3 is 0 Å². The Morgan fingerprint density at radius 3 is 2.88 bits per heavy atom. The van der Waals surface area contributed by atoms with Crippen LogP contribution in [0.2, 0.25) is 0 Å². The second-order valence-corrected chi connectivity index (χ2v) is 1.08. The Labute approximate surface area is 48.7 Å². The molecule has 0 saturated carbocycles. The summed E-state index contributed by atoms with van der Waals surface area (Å²) in [4.78, 5) is 7.34. The van der Waals surface area contributed by atoms with Gasteiger partial charge in [0, 0.05) is 6.21 Å². The highest BCUT2D eigenvalue weighted by molar-refractivity contribution is 5.73. The molecule has 0 unspecified atom stereocenters. The number of rotatable bonds is 3. The van der Waals surface area contributed by atoms with Crippen LogP contribution in [-0.2, 0) is 0 Å². The second kappa shape index (κ2) is 6.01. The van der Waals surface area contributed by atoms with Crippen LogP contribution in [0.5, 0.6) is 0 Å². The predicted octanol–water partition coefficient (Wildman–Crippen LogP) is 0.755. The van der Waals surface area contributed by atoms with Crippen LogP contribution in [-0.4, -0.2) is 25.3 Å². The molecule has 0 saturated heterocycles. The van der Waals surface area contributed by atoms with E-state index in [9.17, 15) is 0 Å². The molecular formula is C5H9N3. The molecule has 3 heteroatoms. The number of hydrogen-bond acceptors (Lipinski definition) is 2. The summed E-state index contributed by atoms with van der Waals surface area (Å²) in [6.45, 7) is 2.42. The highest BCUT2D eigenvalue weighted by atomic mass is 14.8. The molecule has 0 spiro atoms. The first kappa shape index (κ1) is 7.01. The molecule has 0 atom stereocenters. The lowest BCUT2D eigenvalue weighted by atomic mass is 10.7. The van der Waals surface area contributed by atoms with Crippen molar-refractivity contribution in [2.24, 2.45) is 9.98 Å². The van der Waals surface area contributed by atoms with Crippen molar-refractivity contribution < 1.29 is 0 Å². The van der Waals surface area contributed by atoms with Crippen LogP contribution in [0.4, 0.5) is 0 Å². The normalized spacial score (nSPS) is 11.1. The van der Waals surface area contributed by atoms with Crippen molar-refractivity contribution >= 4 is 18.8 Å². The molecule has 0 bridgehead atoms. The van der Waals surface area contributed by atoms with E-state index in [4.69, 9.17) is 5.41 Å². The summed E-state index contributed by atoms with van der Waals surface area (Å²) < 4.78 is 0. The third-order valence-electron chi connectivity index (χ3n) is 0.550. The fourth-order valence-electron chi connectivity index (χ4n) is 0.252. The Kier molecular flexibility index (Phi) is 5.27. The number of aliphatic imine (C=N–C) groups is 2. The van der Waals surface area contributed by atoms with Gasteiger partial charge < -0.3 is 0 Å². The zero-order chi connectivity index (χ0) is 6.24. The Hall–Kier alpha value is -0.990. The first-order chi connectivity index (χ1) is 3.91. The molecule has 44 valence electrons. The molecule has 0 amide bonds. The van der Waals surface area contributed by atoms with E-state index in [2.05, 4.69) is 9.98 Å². The average molecular weight is 111 g/mol. The summed E-state index contributed by atoms with van der Waals surface area (Å²) in [6.07, 6.45) is 4.27. The van der Waals surface area contributed by atoms with Crippen molar-refractivity contribution in [2.75, 3.05) is 6.54 Å². The fourth-order valence-corrected chi connectivity index (χ4v) is 0.252. The largest absolute Gasteiger partial charge is 0.292 e. The topological polar surface area (TPSA) is 48.6 Å². The van der Waals surface area contributed by atoms with Crippen LogP contribution in [0.1, 0.15) is 6.92 Å². The Morgan fingerprint density at radius 2 is 2.38 bits per heavy atom. The van der Waals surface area contributed by atoms with Gasteiger partial charge in [-0.15, -0.1) is 0 Å². The second-order valence-electron chi connectivity index (χ2n) is 1.08. The van der Waals surface area contributed by atoms with Crippen molar-refractivity contribution in [1.82, 2.24) is 0 Å². The fraction of sp³-hybridized carbons (Fsp3) is 0.400. The number of nitrogens with zero attached hydrogens (tertiary/aromatic N) is 2. The smallest absolute Gasteiger partial charge is 0.106 e. The van der Waals surface area contributed by atoms with Crippen LogP contribution in [0, 0.1) is 5.41 Å².